The second kappa shape index (κ2) is 7.85. The number of hydrogen-bond acceptors (Lipinski definition) is 4. The fourth-order valence-corrected chi connectivity index (χ4v) is 2.57. The number of aromatic nitrogens is 2. The van der Waals surface area contributed by atoms with E-state index in [1.165, 1.54) is 17.0 Å². The van der Waals surface area contributed by atoms with Crippen LogP contribution in [0.2, 0.25) is 10.0 Å². The van der Waals surface area contributed by atoms with Crippen LogP contribution in [0.5, 0.6) is 0 Å². The molecule has 0 aliphatic heterocycles. The molecule has 8 heteroatoms. The number of carbonyl (C=O) groups excluding carboxylic acids is 1. The molecule has 0 fully saturated rings. The van der Waals surface area contributed by atoms with Crippen LogP contribution in [0.15, 0.2) is 47.0 Å². The largest absolute Gasteiger partial charge is 0.337 e. The predicted octanol–water partition coefficient (Wildman–Crippen LogP) is 4.38. The number of nitrogens with zero attached hydrogens (tertiary/aromatic N) is 3. The summed E-state index contributed by atoms with van der Waals surface area (Å²) in [5.41, 5.74) is 1.03. The summed E-state index contributed by atoms with van der Waals surface area (Å²) in [7, 11) is 1.59. The van der Waals surface area contributed by atoms with E-state index in [1.54, 1.807) is 37.4 Å². The molecule has 2 aromatic carbocycles. The average Bonchev–Trinajstić information content (AvgIpc) is 3.06. The molecule has 0 atom stereocenters. The Bertz CT molecular complexity index is 928. The van der Waals surface area contributed by atoms with E-state index >= 15 is 0 Å². The number of likely N-dealkylation sites (N-methyl/N-ethyl adjacent to an activating group) is 1. The second-order valence-electron chi connectivity index (χ2n) is 5.68. The standard InChI is InChI=1S/C18H14Cl2FN3O2/c1-24(17(25)8-12-4-7-14(20)9-15(12)21)10-16-22-18(23-26-16)11-2-5-13(19)6-3-11/h2-7,9H,8,10H2,1H3. The van der Waals surface area contributed by atoms with Gasteiger partial charge in [0.05, 0.1) is 13.0 Å². The Kier molecular flexibility index (Phi) is 5.54. The molecule has 5 nitrogen and oxygen atoms in total. The highest BCUT2D eigenvalue weighted by atomic mass is 35.5. The van der Waals surface area contributed by atoms with Crippen molar-refractivity contribution in [1.29, 1.82) is 0 Å². The van der Waals surface area contributed by atoms with Crippen molar-refractivity contribution >= 4 is 29.1 Å². The highest BCUT2D eigenvalue weighted by Crippen LogP contribution is 2.19. The van der Waals surface area contributed by atoms with Gasteiger partial charge < -0.3 is 9.42 Å². The molecule has 0 spiro atoms. The fourth-order valence-electron chi connectivity index (χ4n) is 2.29. The zero-order valence-electron chi connectivity index (χ0n) is 13.7. The van der Waals surface area contributed by atoms with E-state index < -0.39 is 5.82 Å². The van der Waals surface area contributed by atoms with Crippen LogP contribution in [-0.2, 0) is 17.8 Å². The van der Waals surface area contributed by atoms with Gasteiger partial charge in [-0.05, 0) is 42.0 Å². The van der Waals surface area contributed by atoms with Crippen molar-refractivity contribution in [2.24, 2.45) is 0 Å². The van der Waals surface area contributed by atoms with E-state index in [0.29, 0.717) is 10.8 Å². The molecule has 0 saturated heterocycles. The van der Waals surface area contributed by atoms with Gasteiger partial charge in [-0.15, -0.1) is 0 Å². The smallest absolute Gasteiger partial charge is 0.246 e. The first-order valence-electron chi connectivity index (χ1n) is 7.69. The van der Waals surface area contributed by atoms with Crippen molar-refractivity contribution in [3.63, 3.8) is 0 Å². The summed E-state index contributed by atoms with van der Waals surface area (Å²) in [4.78, 5) is 17.9. The van der Waals surface area contributed by atoms with Gasteiger partial charge in [-0.25, -0.2) is 4.39 Å². The Balaban J connectivity index is 1.65. The van der Waals surface area contributed by atoms with Crippen molar-refractivity contribution in [1.82, 2.24) is 15.0 Å². The van der Waals surface area contributed by atoms with E-state index in [4.69, 9.17) is 27.7 Å². The zero-order chi connectivity index (χ0) is 18.7. The minimum Gasteiger partial charge on any atom is -0.337 e. The minimum absolute atomic E-state index is 0.0856. The lowest BCUT2D eigenvalue weighted by molar-refractivity contribution is -0.130. The van der Waals surface area contributed by atoms with Gasteiger partial charge in [-0.1, -0.05) is 34.4 Å². The molecule has 0 aliphatic rings. The lowest BCUT2D eigenvalue weighted by Crippen LogP contribution is -2.28. The maximum absolute atomic E-state index is 13.8. The summed E-state index contributed by atoms with van der Waals surface area (Å²) in [6.07, 6.45) is -0.0856. The van der Waals surface area contributed by atoms with Crippen LogP contribution in [0.3, 0.4) is 0 Å². The van der Waals surface area contributed by atoms with Crippen LogP contribution >= 0.6 is 23.2 Å². The Labute approximate surface area is 159 Å². The molecule has 3 aromatic rings. The number of halogens is 3. The summed E-state index contributed by atoms with van der Waals surface area (Å²) in [5.74, 6) is -0.108. The lowest BCUT2D eigenvalue weighted by Gasteiger charge is -2.15. The molecule has 0 saturated carbocycles. The molecular weight excluding hydrogens is 380 g/mol. The van der Waals surface area contributed by atoms with Crippen molar-refractivity contribution in [3.05, 3.63) is 69.8 Å². The number of carbonyl (C=O) groups is 1. The van der Waals surface area contributed by atoms with E-state index in [0.717, 1.165) is 5.56 Å². The Morgan fingerprint density at radius 3 is 2.54 bits per heavy atom. The molecule has 1 heterocycles. The summed E-state index contributed by atoms with van der Waals surface area (Å²) in [5, 5.41) is 4.79. The third-order valence-electron chi connectivity index (χ3n) is 3.73. The lowest BCUT2D eigenvalue weighted by atomic mass is 10.1. The molecular formula is C18H14Cl2FN3O2. The third kappa shape index (κ3) is 4.39. The zero-order valence-corrected chi connectivity index (χ0v) is 15.3. The van der Waals surface area contributed by atoms with Crippen LogP contribution in [0.1, 0.15) is 11.5 Å². The fraction of sp³-hybridized carbons (Fsp3) is 0.167. The van der Waals surface area contributed by atoms with E-state index in [2.05, 4.69) is 10.1 Å². The van der Waals surface area contributed by atoms with Crippen LogP contribution in [0, 0.1) is 5.82 Å². The number of benzene rings is 2. The Hall–Kier alpha value is -2.44. The Morgan fingerprint density at radius 1 is 1.15 bits per heavy atom. The molecule has 0 N–H and O–H groups in total. The van der Waals surface area contributed by atoms with Gasteiger partial charge in [0.2, 0.25) is 17.6 Å². The first-order chi connectivity index (χ1) is 12.4. The van der Waals surface area contributed by atoms with Gasteiger partial charge in [0.25, 0.3) is 0 Å². The van der Waals surface area contributed by atoms with Crippen molar-refractivity contribution < 1.29 is 13.7 Å². The predicted molar refractivity (Wildman–Crippen MR) is 96.3 cm³/mol. The summed E-state index contributed by atoms with van der Waals surface area (Å²) < 4.78 is 19.0. The van der Waals surface area contributed by atoms with Crippen LogP contribution < -0.4 is 0 Å². The van der Waals surface area contributed by atoms with Gasteiger partial charge in [-0.2, -0.15) is 4.98 Å². The molecule has 1 amide bonds. The molecule has 134 valence electrons. The molecule has 0 unspecified atom stereocenters. The molecule has 26 heavy (non-hydrogen) atoms. The van der Waals surface area contributed by atoms with Crippen LogP contribution in [0.4, 0.5) is 4.39 Å². The molecule has 0 aliphatic carbocycles. The summed E-state index contributed by atoms with van der Waals surface area (Å²) in [6, 6.07) is 11.2. The van der Waals surface area contributed by atoms with Crippen molar-refractivity contribution in [2.75, 3.05) is 7.05 Å². The highest BCUT2D eigenvalue weighted by Gasteiger charge is 2.16. The first-order valence-corrected chi connectivity index (χ1v) is 8.44. The number of rotatable bonds is 5. The maximum Gasteiger partial charge on any atom is 0.246 e. The summed E-state index contributed by atoms with van der Waals surface area (Å²) >= 11 is 11.6. The first kappa shape index (κ1) is 18.4. The van der Waals surface area contributed by atoms with E-state index in [9.17, 15) is 9.18 Å². The van der Waals surface area contributed by atoms with Crippen LogP contribution in [0.25, 0.3) is 11.4 Å². The van der Waals surface area contributed by atoms with Gasteiger partial charge in [0.1, 0.15) is 5.82 Å². The van der Waals surface area contributed by atoms with E-state index in [-0.39, 0.29) is 35.3 Å². The average molecular weight is 394 g/mol. The Morgan fingerprint density at radius 2 is 1.85 bits per heavy atom. The van der Waals surface area contributed by atoms with Crippen molar-refractivity contribution in [3.8, 4) is 11.4 Å². The number of amides is 1. The third-order valence-corrected chi connectivity index (χ3v) is 4.21. The van der Waals surface area contributed by atoms with Gasteiger partial charge >= 0.3 is 0 Å². The summed E-state index contributed by atoms with van der Waals surface area (Å²) in [6.45, 7) is 0.120. The molecule has 1 aromatic heterocycles. The molecule has 3 rings (SSSR count). The van der Waals surface area contributed by atoms with Gasteiger partial charge in [0, 0.05) is 22.7 Å². The minimum atomic E-state index is -0.512. The van der Waals surface area contributed by atoms with Crippen molar-refractivity contribution in [2.45, 2.75) is 13.0 Å². The topological polar surface area (TPSA) is 59.2 Å². The molecule has 0 bridgehead atoms. The highest BCUT2D eigenvalue weighted by molar-refractivity contribution is 6.30. The quantitative estimate of drug-likeness (QED) is 0.644. The molecule has 0 radical (unpaired) electrons. The number of hydrogen-bond donors (Lipinski definition) is 0. The van der Waals surface area contributed by atoms with Gasteiger partial charge in [-0.3, -0.25) is 4.79 Å². The van der Waals surface area contributed by atoms with Crippen LogP contribution in [-0.4, -0.2) is 28.0 Å². The van der Waals surface area contributed by atoms with Gasteiger partial charge in [0.15, 0.2) is 0 Å². The second-order valence-corrected chi connectivity index (χ2v) is 6.55. The normalized spacial score (nSPS) is 10.8. The SMILES string of the molecule is CN(Cc1nc(-c2ccc(Cl)cc2)no1)C(=O)Cc1ccc(Cl)cc1F. The van der Waals surface area contributed by atoms with E-state index in [1.807, 2.05) is 0 Å². The maximum atomic E-state index is 13.8. The monoisotopic (exact) mass is 393 g/mol.